The van der Waals surface area contributed by atoms with E-state index < -0.39 is 0 Å². The van der Waals surface area contributed by atoms with Gasteiger partial charge in [-0.2, -0.15) is 0 Å². The summed E-state index contributed by atoms with van der Waals surface area (Å²) in [5, 5.41) is 12.5. The molecule has 1 aromatic heterocycles. The van der Waals surface area contributed by atoms with Crippen molar-refractivity contribution in [1.82, 2.24) is 10.3 Å². The summed E-state index contributed by atoms with van der Waals surface area (Å²) in [4.78, 5) is 17.3. The molecular formula is C24H23FN2O3. The van der Waals surface area contributed by atoms with Crippen LogP contribution >= 0.6 is 0 Å². The first-order valence-corrected chi connectivity index (χ1v) is 9.94. The fourth-order valence-corrected chi connectivity index (χ4v) is 3.17. The van der Waals surface area contributed by atoms with E-state index in [0.29, 0.717) is 39.3 Å². The lowest BCUT2D eigenvalue weighted by Crippen LogP contribution is -2.24. The quantitative estimate of drug-likeness (QED) is 0.618. The third-order valence-corrected chi connectivity index (χ3v) is 5.07. The molecule has 1 fully saturated rings. The van der Waals surface area contributed by atoms with Crippen molar-refractivity contribution in [3.05, 3.63) is 82.8 Å². The molecule has 30 heavy (non-hydrogen) atoms. The zero-order valence-electron chi connectivity index (χ0n) is 16.7. The number of ether oxygens (including phenoxy) is 1. The highest BCUT2D eigenvalue weighted by Crippen LogP contribution is 2.32. The largest absolute Gasteiger partial charge is 0.490 e. The lowest BCUT2D eigenvalue weighted by Gasteiger charge is -2.14. The van der Waals surface area contributed by atoms with Crippen LogP contribution in [0.5, 0.6) is 5.75 Å². The number of pyridine rings is 1. The number of aliphatic hydroxyl groups excluding tert-OH is 1. The van der Waals surface area contributed by atoms with Crippen molar-refractivity contribution in [2.45, 2.75) is 39.0 Å². The second-order valence-electron chi connectivity index (χ2n) is 7.46. The van der Waals surface area contributed by atoms with Crippen LogP contribution in [-0.2, 0) is 13.2 Å². The first kappa shape index (κ1) is 20.0. The Bertz CT molecular complexity index is 1080. The summed E-state index contributed by atoms with van der Waals surface area (Å²) in [7, 11) is 0. The minimum Gasteiger partial charge on any atom is -0.490 e. The van der Waals surface area contributed by atoms with Crippen molar-refractivity contribution in [2.24, 2.45) is 0 Å². The van der Waals surface area contributed by atoms with E-state index >= 15 is 0 Å². The van der Waals surface area contributed by atoms with E-state index in [1.54, 1.807) is 49.5 Å². The van der Waals surface area contributed by atoms with Crippen LogP contribution in [0, 0.1) is 12.7 Å². The molecule has 5 nitrogen and oxygen atoms in total. The Labute approximate surface area is 174 Å². The van der Waals surface area contributed by atoms with Gasteiger partial charge in [0.15, 0.2) is 0 Å². The number of aliphatic hydroxyl groups is 1. The summed E-state index contributed by atoms with van der Waals surface area (Å²) in [5.41, 5.74) is 3.64. The summed E-state index contributed by atoms with van der Waals surface area (Å²) < 4.78 is 19.7. The van der Waals surface area contributed by atoms with Gasteiger partial charge in [-0.1, -0.05) is 18.2 Å². The Morgan fingerprint density at radius 1 is 1.23 bits per heavy atom. The molecular weight excluding hydrogens is 383 g/mol. The molecule has 154 valence electrons. The van der Waals surface area contributed by atoms with Crippen LogP contribution in [0.25, 0.3) is 11.3 Å². The standard InChI is InChI=1S/C24H23FN2O3/c1-15-4-5-16(11-21(15)25)13-27-24(29)20-12-17(6-9-22(20)30-19-7-8-19)23-18(14-28)3-2-10-26-23/h2-6,9-12,19,28H,7-8,13-14H2,1H3,(H,27,29). The van der Waals surface area contributed by atoms with E-state index in [1.165, 1.54) is 6.07 Å². The normalized spacial score (nSPS) is 13.2. The van der Waals surface area contributed by atoms with Crippen LogP contribution in [-0.4, -0.2) is 22.1 Å². The smallest absolute Gasteiger partial charge is 0.255 e. The van der Waals surface area contributed by atoms with Crippen molar-refractivity contribution >= 4 is 5.91 Å². The Morgan fingerprint density at radius 3 is 2.80 bits per heavy atom. The third-order valence-electron chi connectivity index (χ3n) is 5.07. The summed E-state index contributed by atoms with van der Waals surface area (Å²) in [5.74, 6) is -0.0986. The third kappa shape index (κ3) is 4.49. The van der Waals surface area contributed by atoms with Gasteiger partial charge in [0, 0.05) is 23.9 Å². The molecule has 0 spiro atoms. The lowest BCUT2D eigenvalue weighted by atomic mass is 10.0. The monoisotopic (exact) mass is 406 g/mol. The Balaban J connectivity index is 1.61. The average Bonchev–Trinajstić information content (AvgIpc) is 3.58. The van der Waals surface area contributed by atoms with Gasteiger partial charge in [0.05, 0.1) is 24.0 Å². The first-order chi connectivity index (χ1) is 14.5. The van der Waals surface area contributed by atoms with E-state index in [9.17, 15) is 14.3 Å². The van der Waals surface area contributed by atoms with Crippen LogP contribution in [0.15, 0.2) is 54.7 Å². The Morgan fingerprint density at radius 2 is 2.07 bits per heavy atom. The number of benzene rings is 2. The SMILES string of the molecule is Cc1ccc(CNC(=O)c2cc(-c3ncccc3CO)ccc2OC2CC2)cc1F. The Kier molecular flexibility index (Phi) is 5.77. The fraction of sp³-hybridized carbons (Fsp3) is 0.250. The number of rotatable bonds is 7. The second kappa shape index (κ2) is 8.63. The van der Waals surface area contributed by atoms with E-state index in [4.69, 9.17) is 4.74 Å². The van der Waals surface area contributed by atoms with Gasteiger partial charge < -0.3 is 15.2 Å². The predicted molar refractivity (Wildman–Crippen MR) is 112 cm³/mol. The Hall–Kier alpha value is -3.25. The van der Waals surface area contributed by atoms with E-state index in [-0.39, 0.29) is 31.0 Å². The van der Waals surface area contributed by atoms with Crippen molar-refractivity contribution in [3.8, 4) is 17.0 Å². The fourth-order valence-electron chi connectivity index (χ4n) is 3.17. The lowest BCUT2D eigenvalue weighted by molar-refractivity contribution is 0.0946. The van der Waals surface area contributed by atoms with Gasteiger partial charge in [0.25, 0.3) is 5.91 Å². The predicted octanol–water partition coefficient (Wildman–Crippen LogP) is 4.16. The number of amides is 1. The van der Waals surface area contributed by atoms with Gasteiger partial charge in [-0.15, -0.1) is 0 Å². The summed E-state index contributed by atoms with van der Waals surface area (Å²) in [6.45, 7) is 1.75. The number of nitrogens with zero attached hydrogens (tertiary/aromatic N) is 1. The highest BCUT2D eigenvalue weighted by atomic mass is 19.1. The van der Waals surface area contributed by atoms with Gasteiger partial charge >= 0.3 is 0 Å². The first-order valence-electron chi connectivity index (χ1n) is 9.94. The van der Waals surface area contributed by atoms with E-state index in [0.717, 1.165) is 12.8 Å². The second-order valence-corrected chi connectivity index (χ2v) is 7.46. The van der Waals surface area contributed by atoms with Gasteiger partial charge in [-0.05, 0) is 61.2 Å². The number of aryl methyl sites for hydroxylation is 1. The molecule has 1 heterocycles. The molecule has 0 unspecified atom stereocenters. The number of hydrogen-bond donors (Lipinski definition) is 2. The van der Waals surface area contributed by atoms with Crippen LogP contribution < -0.4 is 10.1 Å². The number of carbonyl (C=O) groups excluding carboxylic acids is 1. The van der Waals surface area contributed by atoms with Gasteiger partial charge in [-0.25, -0.2) is 4.39 Å². The molecule has 2 aromatic carbocycles. The maximum atomic E-state index is 13.8. The number of nitrogens with one attached hydrogen (secondary N) is 1. The van der Waals surface area contributed by atoms with Crippen LogP contribution in [0.4, 0.5) is 4.39 Å². The molecule has 6 heteroatoms. The molecule has 3 aromatic rings. The number of aromatic nitrogens is 1. The van der Waals surface area contributed by atoms with Crippen molar-refractivity contribution < 1.29 is 19.0 Å². The van der Waals surface area contributed by atoms with Gasteiger partial charge in [0.1, 0.15) is 11.6 Å². The molecule has 2 N–H and O–H groups in total. The van der Waals surface area contributed by atoms with Crippen LogP contribution in [0.2, 0.25) is 0 Å². The number of carbonyl (C=O) groups is 1. The average molecular weight is 406 g/mol. The highest BCUT2D eigenvalue weighted by Gasteiger charge is 2.26. The molecule has 0 aliphatic heterocycles. The number of hydrogen-bond acceptors (Lipinski definition) is 4. The van der Waals surface area contributed by atoms with Crippen molar-refractivity contribution in [2.75, 3.05) is 0 Å². The molecule has 0 bridgehead atoms. The van der Waals surface area contributed by atoms with E-state index in [1.807, 2.05) is 6.07 Å². The molecule has 4 rings (SSSR count). The zero-order chi connectivity index (χ0) is 21.1. The molecule has 1 aliphatic rings. The van der Waals surface area contributed by atoms with Gasteiger partial charge in [0.2, 0.25) is 0 Å². The zero-order valence-corrected chi connectivity index (χ0v) is 16.7. The number of halogens is 1. The molecule has 1 aliphatic carbocycles. The molecule has 0 atom stereocenters. The maximum absolute atomic E-state index is 13.8. The summed E-state index contributed by atoms with van der Waals surface area (Å²) >= 11 is 0. The topological polar surface area (TPSA) is 71.5 Å². The van der Waals surface area contributed by atoms with Gasteiger partial charge in [-0.3, -0.25) is 9.78 Å². The van der Waals surface area contributed by atoms with Crippen LogP contribution in [0.3, 0.4) is 0 Å². The minimum atomic E-state index is -0.310. The van der Waals surface area contributed by atoms with E-state index in [2.05, 4.69) is 10.3 Å². The molecule has 1 saturated carbocycles. The van der Waals surface area contributed by atoms with Crippen molar-refractivity contribution in [3.63, 3.8) is 0 Å². The summed E-state index contributed by atoms with van der Waals surface area (Å²) in [6, 6.07) is 13.8. The maximum Gasteiger partial charge on any atom is 0.255 e. The van der Waals surface area contributed by atoms with Crippen LogP contribution in [0.1, 0.15) is 39.9 Å². The molecule has 1 amide bonds. The molecule has 0 saturated heterocycles. The highest BCUT2D eigenvalue weighted by molar-refractivity contribution is 5.98. The van der Waals surface area contributed by atoms with Crippen molar-refractivity contribution in [1.29, 1.82) is 0 Å². The molecule has 0 radical (unpaired) electrons. The summed E-state index contributed by atoms with van der Waals surface area (Å²) in [6.07, 6.45) is 3.73. The minimum absolute atomic E-state index is 0.136.